The highest BCUT2D eigenvalue weighted by Gasteiger charge is 2.46. The minimum atomic E-state index is -1.10. The van der Waals surface area contributed by atoms with Crippen LogP contribution >= 0.6 is 11.6 Å². The highest BCUT2D eigenvalue weighted by molar-refractivity contribution is 6.31. The van der Waals surface area contributed by atoms with Crippen LogP contribution < -0.4 is 20.3 Å². The number of fused-ring (bicyclic) bond motifs is 1. The number of benzene rings is 1. The van der Waals surface area contributed by atoms with Crippen molar-refractivity contribution in [3.63, 3.8) is 0 Å². The number of pyridine rings is 1. The van der Waals surface area contributed by atoms with Gasteiger partial charge in [0.2, 0.25) is 11.8 Å². The fourth-order valence-corrected chi connectivity index (χ4v) is 3.68. The molecule has 0 fully saturated rings. The van der Waals surface area contributed by atoms with E-state index in [1.165, 1.54) is 0 Å². The summed E-state index contributed by atoms with van der Waals surface area (Å²) in [6, 6.07) is 10.1. The summed E-state index contributed by atoms with van der Waals surface area (Å²) in [6.45, 7) is 7.59. The predicted octanol–water partition coefficient (Wildman–Crippen LogP) is 4.14. The molecule has 8 heteroatoms. The quantitative estimate of drug-likeness (QED) is 0.719. The number of anilines is 3. The molecule has 2 amide bonds. The largest absolute Gasteiger partial charge is 0.460 e. The first-order valence-corrected chi connectivity index (χ1v) is 10.3. The normalized spacial score (nSPS) is 19.3. The third-order valence-electron chi connectivity index (χ3n) is 5.00. The predicted molar refractivity (Wildman–Crippen MR) is 118 cm³/mol. The van der Waals surface area contributed by atoms with Gasteiger partial charge in [-0.25, -0.2) is 0 Å². The fourth-order valence-electron chi connectivity index (χ4n) is 3.50. The molecular formula is C22H27ClN4O3. The van der Waals surface area contributed by atoms with E-state index < -0.39 is 5.60 Å². The van der Waals surface area contributed by atoms with Gasteiger partial charge in [-0.15, -0.1) is 0 Å². The zero-order valence-electron chi connectivity index (χ0n) is 17.8. The van der Waals surface area contributed by atoms with E-state index in [-0.39, 0.29) is 29.7 Å². The number of halogens is 1. The summed E-state index contributed by atoms with van der Waals surface area (Å²) < 4.78 is 6.13. The molecule has 1 aromatic carbocycles. The molecular weight excluding hydrogens is 404 g/mol. The van der Waals surface area contributed by atoms with Crippen molar-refractivity contribution in [3.8, 4) is 5.88 Å². The first kappa shape index (κ1) is 22.1. The minimum Gasteiger partial charge on any atom is -0.460 e. The molecule has 1 aliphatic heterocycles. The summed E-state index contributed by atoms with van der Waals surface area (Å²) in [5, 5.41) is 6.18. The summed E-state index contributed by atoms with van der Waals surface area (Å²) in [5.41, 5.74) is 0.0368. The number of nitrogens with one attached hydrogen (secondary N) is 2. The van der Waals surface area contributed by atoms with Crippen molar-refractivity contribution in [2.75, 3.05) is 17.3 Å². The third kappa shape index (κ3) is 4.42. The van der Waals surface area contributed by atoms with Crippen LogP contribution in [-0.2, 0) is 9.59 Å². The van der Waals surface area contributed by atoms with Crippen LogP contribution in [0, 0.1) is 5.92 Å². The Bertz CT molecular complexity index is 965. The molecule has 0 aliphatic carbocycles. The lowest BCUT2D eigenvalue weighted by Gasteiger charge is -2.40. The summed E-state index contributed by atoms with van der Waals surface area (Å²) in [7, 11) is 1.71. The van der Waals surface area contributed by atoms with Crippen LogP contribution in [-0.4, -0.2) is 35.5 Å². The van der Waals surface area contributed by atoms with Gasteiger partial charge in [0.25, 0.3) is 5.91 Å². The maximum atomic E-state index is 13.5. The molecule has 160 valence electrons. The number of rotatable bonds is 6. The Morgan fingerprint density at radius 2 is 2.00 bits per heavy atom. The minimum absolute atomic E-state index is 0.187. The van der Waals surface area contributed by atoms with Gasteiger partial charge < -0.3 is 15.4 Å². The van der Waals surface area contributed by atoms with E-state index in [4.69, 9.17) is 16.3 Å². The van der Waals surface area contributed by atoms with Crippen LogP contribution in [0.1, 0.15) is 34.1 Å². The second-order valence-corrected chi connectivity index (χ2v) is 8.51. The van der Waals surface area contributed by atoms with Crippen molar-refractivity contribution in [2.24, 2.45) is 5.92 Å². The number of carbonyl (C=O) groups is 2. The lowest BCUT2D eigenvalue weighted by Crippen LogP contribution is -2.53. The number of aromatic nitrogens is 1. The zero-order valence-corrected chi connectivity index (χ0v) is 18.6. The van der Waals surface area contributed by atoms with Gasteiger partial charge in [0, 0.05) is 5.02 Å². The molecule has 0 unspecified atom stereocenters. The van der Waals surface area contributed by atoms with Crippen LogP contribution in [0.25, 0.3) is 0 Å². The van der Waals surface area contributed by atoms with E-state index in [1.54, 1.807) is 56.1 Å². The van der Waals surface area contributed by atoms with Gasteiger partial charge in [0.1, 0.15) is 11.5 Å². The molecule has 3 rings (SSSR count). The maximum absolute atomic E-state index is 13.5. The molecule has 7 nitrogen and oxygen atoms in total. The molecule has 0 saturated heterocycles. The Balaban J connectivity index is 2.06. The Hall–Kier alpha value is -2.64. The monoisotopic (exact) mass is 430 g/mol. The molecule has 0 saturated carbocycles. The van der Waals surface area contributed by atoms with Gasteiger partial charge >= 0.3 is 0 Å². The molecule has 0 radical (unpaired) electrons. The highest BCUT2D eigenvalue weighted by atomic mass is 35.5. The number of amides is 2. The Morgan fingerprint density at radius 1 is 1.27 bits per heavy atom. The number of nitrogens with zero attached hydrogens (tertiary/aromatic N) is 2. The fraction of sp³-hybridized carbons (Fsp3) is 0.409. The molecule has 2 atom stereocenters. The van der Waals surface area contributed by atoms with E-state index in [9.17, 15) is 9.59 Å². The van der Waals surface area contributed by atoms with E-state index >= 15 is 0 Å². The average molecular weight is 431 g/mol. The standard InChI is InChI=1S/C22H27ClN4O3/c1-13(2)12-22(4)21(29)27(16-8-6-7-15(23)11-16)17-9-10-18(26-20(17)30-22)25-19(28)14(3)24-5/h6-11,13-14,24H,12H2,1-5H3,(H,25,26,28)/t14-,22+/m0/s1. The number of hydrogen-bond acceptors (Lipinski definition) is 5. The number of hydrogen-bond donors (Lipinski definition) is 2. The van der Waals surface area contributed by atoms with Crippen molar-refractivity contribution in [2.45, 2.75) is 45.8 Å². The van der Waals surface area contributed by atoms with Crippen LogP contribution in [0.2, 0.25) is 5.02 Å². The third-order valence-corrected chi connectivity index (χ3v) is 5.24. The molecule has 30 heavy (non-hydrogen) atoms. The van der Waals surface area contributed by atoms with E-state index in [0.717, 1.165) is 0 Å². The van der Waals surface area contributed by atoms with Gasteiger partial charge in [0.05, 0.1) is 11.7 Å². The first-order chi connectivity index (χ1) is 14.1. The Morgan fingerprint density at radius 3 is 2.63 bits per heavy atom. The number of likely N-dealkylation sites (N-methyl/N-ethyl adjacent to an activating group) is 1. The van der Waals surface area contributed by atoms with E-state index in [2.05, 4.69) is 15.6 Å². The Labute approximate surface area is 181 Å². The van der Waals surface area contributed by atoms with Gasteiger partial charge in [-0.2, -0.15) is 4.98 Å². The first-order valence-electron chi connectivity index (χ1n) is 9.93. The topological polar surface area (TPSA) is 83.6 Å². The molecule has 1 aliphatic rings. The van der Waals surface area contributed by atoms with Crippen LogP contribution in [0.5, 0.6) is 5.88 Å². The SMILES string of the molecule is CN[C@@H](C)C(=O)Nc1ccc2c(n1)O[C@](C)(CC(C)C)C(=O)N2c1cccc(Cl)c1. The lowest BCUT2D eigenvalue weighted by molar-refractivity contribution is -0.134. The number of carbonyl (C=O) groups excluding carboxylic acids is 2. The molecule has 0 spiro atoms. The van der Waals surface area contributed by atoms with Crippen LogP contribution in [0.4, 0.5) is 17.2 Å². The van der Waals surface area contributed by atoms with Crippen molar-refractivity contribution >= 4 is 40.6 Å². The van der Waals surface area contributed by atoms with Crippen molar-refractivity contribution in [1.29, 1.82) is 0 Å². The van der Waals surface area contributed by atoms with Crippen LogP contribution in [0.3, 0.4) is 0 Å². The summed E-state index contributed by atoms with van der Waals surface area (Å²) in [4.78, 5) is 31.8. The van der Waals surface area contributed by atoms with Gasteiger partial charge in [-0.1, -0.05) is 31.5 Å². The number of ether oxygens (including phenoxy) is 1. The maximum Gasteiger partial charge on any atom is 0.275 e. The Kier molecular flexibility index (Phi) is 6.33. The summed E-state index contributed by atoms with van der Waals surface area (Å²) in [5.74, 6) is 0.462. The lowest BCUT2D eigenvalue weighted by atomic mass is 9.91. The average Bonchev–Trinajstić information content (AvgIpc) is 2.67. The van der Waals surface area contributed by atoms with Crippen molar-refractivity contribution < 1.29 is 14.3 Å². The van der Waals surface area contributed by atoms with Crippen molar-refractivity contribution in [3.05, 3.63) is 41.4 Å². The van der Waals surface area contributed by atoms with E-state index in [1.807, 2.05) is 19.9 Å². The summed E-state index contributed by atoms with van der Waals surface area (Å²) in [6.07, 6.45) is 0.511. The van der Waals surface area contributed by atoms with Gasteiger partial charge in [0.15, 0.2) is 5.60 Å². The summed E-state index contributed by atoms with van der Waals surface area (Å²) >= 11 is 6.18. The second-order valence-electron chi connectivity index (χ2n) is 8.07. The van der Waals surface area contributed by atoms with E-state index in [0.29, 0.717) is 28.6 Å². The van der Waals surface area contributed by atoms with Gasteiger partial charge in [-0.3, -0.25) is 14.5 Å². The highest BCUT2D eigenvalue weighted by Crippen LogP contribution is 2.43. The zero-order chi connectivity index (χ0) is 22.1. The molecule has 2 heterocycles. The van der Waals surface area contributed by atoms with Crippen molar-refractivity contribution in [1.82, 2.24) is 10.3 Å². The van der Waals surface area contributed by atoms with Gasteiger partial charge in [-0.05, 0) is 63.6 Å². The molecule has 0 bridgehead atoms. The second kappa shape index (κ2) is 8.62. The van der Waals surface area contributed by atoms with Crippen LogP contribution in [0.15, 0.2) is 36.4 Å². The molecule has 1 aromatic heterocycles. The molecule has 2 N–H and O–H groups in total. The molecule has 2 aromatic rings. The smallest absolute Gasteiger partial charge is 0.275 e.